The van der Waals surface area contributed by atoms with Gasteiger partial charge in [0.15, 0.2) is 5.69 Å². The van der Waals surface area contributed by atoms with Gasteiger partial charge in [-0.2, -0.15) is 18.3 Å². The van der Waals surface area contributed by atoms with E-state index in [0.717, 1.165) is 27.1 Å². The fourth-order valence-electron chi connectivity index (χ4n) is 3.00. The van der Waals surface area contributed by atoms with Crippen molar-refractivity contribution in [3.63, 3.8) is 0 Å². The maximum atomic E-state index is 13.1. The Morgan fingerprint density at radius 3 is 2.60 bits per heavy atom. The number of nitrogens with zero attached hydrogens (tertiary/aromatic N) is 4. The number of thiophene rings is 1. The van der Waals surface area contributed by atoms with Crippen molar-refractivity contribution in [2.24, 2.45) is 0 Å². The normalized spacial score (nSPS) is 13.1. The van der Waals surface area contributed by atoms with Crippen molar-refractivity contribution in [1.82, 2.24) is 19.4 Å². The molecule has 1 N–H and O–H groups in total. The van der Waals surface area contributed by atoms with Gasteiger partial charge in [0.05, 0.1) is 16.1 Å². The molecule has 162 valence electrons. The lowest BCUT2D eigenvalue weighted by atomic mass is 10.2. The van der Waals surface area contributed by atoms with Crippen molar-refractivity contribution < 1.29 is 18.0 Å². The third-order valence-electron chi connectivity index (χ3n) is 4.59. The van der Waals surface area contributed by atoms with Crippen LogP contribution in [0.15, 0.2) is 10.9 Å². The Morgan fingerprint density at radius 1 is 1.37 bits per heavy atom. The highest BCUT2D eigenvalue weighted by Crippen LogP contribution is 2.36. The minimum Gasteiger partial charge on any atom is -0.271 e. The zero-order valence-electron chi connectivity index (χ0n) is 16.6. The van der Waals surface area contributed by atoms with Crippen LogP contribution in [0.25, 0.3) is 10.2 Å². The molecule has 0 saturated carbocycles. The summed E-state index contributed by atoms with van der Waals surface area (Å²) in [6.07, 6.45) is -3.02. The Bertz CT molecular complexity index is 1180. The summed E-state index contributed by atoms with van der Waals surface area (Å²) in [6.45, 7) is 6.28. The quantitative estimate of drug-likeness (QED) is 0.616. The smallest absolute Gasteiger partial charge is 0.271 e. The van der Waals surface area contributed by atoms with Gasteiger partial charge in [0, 0.05) is 4.88 Å². The Kier molecular flexibility index (Phi) is 5.96. The SMILES string of the molecule is CCCc1cc2c(=O)n(NC(=O)[C@@H](C)n3nc(C(F)(F)F)c(Cl)c3C)c(C)nc2s1. The standard InChI is InChI=1S/C18H19ClF3N5O2S/c1-5-6-11-7-12-16(30-11)23-10(4)27(17(12)29)25-15(28)9(3)26-8(2)13(19)14(24-26)18(20,21)22/h7,9H,5-6H2,1-4H3,(H,25,28)/t9-/m1/s1. The maximum Gasteiger partial charge on any atom is 0.436 e. The average Bonchev–Trinajstić information content (AvgIpc) is 3.19. The molecule has 3 heterocycles. The van der Waals surface area contributed by atoms with Crippen LogP contribution in [0.4, 0.5) is 13.2 Å². The molecule has 0 aliphatic carbocycles. The van der Waals surface area contributed by atoms with Crippen LogP contribution < -0.4 is 11.0 Å². The van der Waals surface area contributed by atoms with Crippen molar-refractivity contribution in [2.45, 2.75) is 52.8 Å². The summed E-state index contributed by atoms with van der Waals surface area (Å²) in [5.41, 5.74) is 0.699. The number of alkyl halides is 3. The third-order valence-corrected chi connectivity index (χ3v) is 6.14. The number of nitrogens with one attached hydrogen (secondary N) is 1. The number of hydrogen-bond acceptors (Lipinski definition) is 5. The summed E-state index contributed by atoms with van der Waals surface area (Å²) in [6, 6.07) is 0.593. The first-order chi connectivity index (χ1) is 14.0. The molecule has 0 radical (unpaired) electrons. The van der Waals surface area contributed by atoms with E-state index in [4.69, 9.17) is 11.6 Å². The van der Waals surface area contributed by atoms with Gasteiger partial charge in [-0.25, -0.2) is 9.66 Å². The van der Waals surface area contributed by atoms with Crippen LogP contribution in [0.1, 0.15) is 48.4 Å². The molecule has 1 amide bonds. The number of carbonyl (C=O) groups is 1. The fraction of sp³-hybridized carbons (Fsp3) is 0.444. The lowest BCUT2D eigenvalue weighted by Crippen LogP contribution is -2.38. The number of carbonyl (C=O) groups excluding carboxylic acids is 1. The third kappa shape index (κ3) is 3.95. The van der Waals surface area contributed by atoms with Gasteiger partial charge in [0.2, 0.25) is 0 Å². The van der Waals surface area contributed by atoms with E-state index in [-0.39, 0.29) is 11.5 Å². The summed E-state index contributed by atoms with van der Waals surface area (Å²) in [5.74, 6) is -0.481. The number of aryl methyl sites for hydroxylation is 2. The van der Waals surface area contributed by atoms with E-state index in [1.54, 1.807) is 13.0 Å². The van der Waals surface area contributed by atoms with Crippen molar-refractivity contribution in [2.75, 3.05) is 5.43 Å². The molecular weight excluding hydrogens is 443 g/mol. The molecule has 30 heavy (non-hydrogen) atoms. The van der Waals surface area contributed by atoms with Gasteiger partial charge >= 0.3 is 6.18 Å². The second-order valence-electron chi connectivity index (χ2n) is 6.82. The molecule has 7 nitrogen and oxygen atoms in total. The van der Waals surface area contributed by atoms with Crippen molar-refractivity contribution >= 4 is 39.1 Å². The van der Waals surface area contributed by atoms with Crippen molar-refractivity contribution in [1.29, 1.82) is 0 Å². The van der Waals surface area contributed by atoms with Crippen LogP contribution in [-0.2, 0) is 17.4 Å². The minimum absolute atomic E-state index is 0.00803. The maximum absolute atomic E-state index is 13.1. The summed E-state index contributed by atoms with van der Waals surface area (Å²) in [7, 11) is 0. The molecule has 0 unspecified atom stereocenters. The van der Waals surface area contributed by atoms with E-state index in [0.29, 0.717) is 10.2 Å². The molecule has 3 aromatic heterocycles. The van der Waals surface area contributed by atoms with E-state index in [9.17, 15) is 22.8 Å². The molecule has 1 atom stereocenters. The van der Waals surface area contributed by atoms with Gasteiger partial charge in [-0.3, -0.25) is 19.7 Å². The number of fused-ring (bicyclic) bond motifs is 1. The van der Waals surface area contributed by atoms with Crippen LogP contribution >= 0.6 is 22.9 Å². The average molecular weight is 462 g/mol. The number of hydrogen-bond donors (Lipinski definition) is 1. The summed E-state index contributed by atoms with van der Waals surface area (Å²) < 4.78 is 41.0. The topological polar surface area (TPSA) is 81.8 Å². The number of amides is 1. The molecule has 0 bridgehead atoms. The van der Waals surface area contributed by atoms with Gasteiger partial charge < -0.3 is 0 Å². The van der Waals surface area contributed by atoms with Crippen LogP contribution in [0.5, 0.6) is 0 Å². The Balaban J connectivity index is 1.94. The molecule has 3 rings (SSSR count). The van der Waals surface area contributed by atoms with E-state index in [1.165, 1.54) is 25.2 Å². The molecule has 0 aromatic carbocycles. The molecule has 0 fully saturated rings. The summed E-state index contributed by atoms with van der Waals surface area (Å²) in [4.78, 5) is 31.5. The van der Waals surface area contributed by atoms with Crippen LogP contribution in [-0.4, -0.2) is 25.3 Å². The van der Waals surface area contributed by atoms with Crippen molar-refractivity contribution in [3.8, 4) is 0 Å². The zero-order valence-corrected chi connectivity index (χ0v) is 18.2. The highest BCUT2D eigenvalue weighted by atomic mass is 35.5. The van der Waals surface area contributed by atoms with Gasteiger partial charge in [0.25, 0.3) is 11.5 Å². The van der Waals surface area contributed by atoms with Gasteiger partial charge in [-0.1, -0.05) is 24.9 Å². The van der Waals surface area contributed by atoms with Crippen LogP contribution in [0, 0.1) is 13.8 Å². The van der Waals surface area contributed by atoms with Crippen LogP contribution in [0.2, 0.25) is 5.02 Å². The monoisotopic (exact) mass is 461 g/mol. The van der Waals surface area contributed by atoms with Gasteiger partial charge in [-0.15, -0.1) is 11.3 Å². The van der Waals surface area contributed by atoms with E-state index < -0.39 is 34.4 Å². The summed E-state index contributed by atoms with van der Waals surface area (Å²) >= 11 is 7.17. The first kappa shape index (κ1) is 22.3. The molecule has 12 heteroatoms. The van der Waals surface area contributed by atoms with Crippen molar-refractivity contribution in [3.05, 3.63) is 43.5 Å². The second-order valence-corrected chi connectivity index (χ2v) is 8.32. The molecule has 0 spiro atoms. The van der Waals surface area contributed by atoms with Crippen LogP contribution in [0.3, 0.4) is 0 Å². The molecule has 0 saturated heterocycles. The fourth-order valence-corrected chi connectivity index (χ4v) is 4.40. The van der Waals surface area contributed by atoms with Gasteiger partial charge in [0.1, 0.15) is 16.7 Å². The number of aromatic nitrogens is 4. The second kappa shape index (κ2) is 8.03. The van der Waals surface area contributed by atoms with E-state index in [2.05, 4.69) is 15.5 Å². The van der Waals surface area contributed by atoms with E-state index in [1.807, 2.05) is 6.92 Å². The summed E-state index contributed by atoms with van der Waals surface area (Å²) in [5, 5.41) is 3.26. The molecule has 0 aliphatic rings. The molecule has 0 aliphatic heterocycles. The number of rotatable bonds is 5. The van der Waals surface area contributed by atoms with E-state index >= 15 is 0 Å². The molecular formula is C18H19ClF3N5O2S. The first-order valence-corrected chi connectivity index (χ1v) is 10.3. The predicted octanol–water partition coefficient (Wildman–Crippen LogP) is 4.23. The Morgan fingerprint density at radius 2 is 2.03 bits per heavy atom. The minimum atomic E-state index is -4.75. The Labute approximate surface area is 178 Å². The highest BCUT2D eigenvalue weighted by molar-refractivity contribution is 7.18. The lowest BCUT2D eigenvalue weighted by Gasteiger charge is -2.16. The lowest BCUT2D eigenvalue weighted by molar-refractivity contribution is -0.141. The highest BCUT2D eigenvalue weighted by Gasteiger charge is 2.39. The first-order valence-electron chi connectivity index (χ1n) is 9.10. The molecule has 3 aromatic rings. The van der Waals surface area contributed by atoms with Gasteiger partial charge in [-0.05, 0) is 33.3 Å². The Hall–Kier alpha value is -2.40. The largest absolute Gasteiger partial charge is 0.436 e. The number of halogens is 4. The predicted molar refractivity (Wildman–Crippen MR) is 109 cm³/mol. The zero-order chi connectivity index (χ0) is 22.4.